The zero-order valence-electron chi connectivity index (χ0n) is 9.56. The molecule has 2 aromatic rings. The topological polar surface area (TPSA) is 68.0 Å². The maximum Gasteiger partial charge on any atom is 0.267 e. The van der Waals surface area contributed by atoms with Crippen molar-refractivity contribution in [2.45, 2.75) is 6.54 Å². The van der Waals surface area contributed by atoms with E-state index in [1.165, 1.54) is 0 Å². The van der Waals surface area contributed by atoms with E-state index in [4.69, 9.17) is 5.73 Å². The SMILES string of the molecule is NC(=O)c1cc(NCc2ccccc2Br)ccn1. The predicted octanol–water partition coefficient (Wildman–Crippen LogP) is 2.56. The maximum atomic E-state index is 11.0. The molecule has 0 bridgehead atoms. The van der Waals surface area contributed by atoms with Gasteiger partial charge in [-0.3, -0.25) is 9.78 Å². The highest BCUT2D eigenvalue weighted by molar-refractivity contribution is 9.10. The Morgan fingerprint density at radius 1 is 1.33 bits per heavy atom. The Bertz CT molecular complexity index is 572. The van der Waals surface area contributed by atoms with Gasteiger partial charge in [-0.2, -0.15) is 0 Å². The normalized spacial score (nSPS) is 10.1. The summed E-state index contributed by atoms with van der Waals surface area (Å²) in [7, 11) is 0. The molecule has 0 radical (unpaired) electrons. The average Bonchev–Trinajstić information content (AvgIpc) is 2.38. The highest BCUT2D eigenvalue weighted by Gasteiger charge is 2.03. The zero-order valence-corrected chi connectivity index (χ0v) is 11.1. The van der Waals surface area contributed by atoms with E-state index in [1.807, 2.05) is 24.3 Å². The Labute approximate surface area is 113 Å². The molecule has 0 saturated heterocycles. The minimum absolute atomic E-state index is 0.257. The molecule has 1 aromatic heterocycles. The lowest BCUT2D eigenvalue weighted by molar-refractivity contribution is 0.0995. The van der Waals surface area contributed by atoms with Gasteiger partial charge < -0.3 is 11.1 Å². The van der Waals surface area contributed by atoms with E-state index >= 15 is 0 Å². The van der Waals surface area contributed by atoms with Crippen molar-refractivity contribution in [2.75, 3.05) is 5.32 Å². The molecule has 0 aliphatic heterocycles. The summed E-state index contributed by atoms with van der Waals surface area (Å²) in [6.45, 7) is 0.656. The van der Waals surface area contributed by atoms with Crippen LogP contribution in [-0.4, -0.2) is 10.9 Å². The number of nitrogens with zero attached hydrogens (tertiary/aromatic N) is 1. The van der Waals surface area contributed by atoms with E-state index in [-0.39, 0.29) is 5.69 Å². The molecule has 0 aliphatic rings. The second kappa shape index (κ2) is 5.64. The molecule has 0 aliphatic carbocycles. The summed E-state index contributed by atoms with van der Waals surface area (Å²) in [5, 5.41) is 3.22. The largest absolute Gasteiger partial charge is 0.381 e. The molecule has 1 amide bonds. The molecular weight excluding hydrogens is 294 g/mol. The van der Waals surface area contributed by atoms with Gasteiger partial charge in [-0.1, -0.05) is 34.1 Å². The molecule has 5 heteroatoms. The van der Waals surface area contributed by atoms with Crippen LogP contribution in [0.4, 0.5) is 5.69 Å². The number of amides is 1. The first kappa shape index (κ1) is 12.6. The number of nitrogens with two attached hydrogens (primary N) is 1. The summed E-state index contributed by atoms with van der Waals surface area (Å²) < 4.78 is 1.04. The molecule has 92 valence electrons. The lowest BCUT2D eigenvalue weighted by Gasteiger charge is -2.08. The van der Waals surface area contributed by atoms with Crippen LogP contribution in [0.2, 0.25) is 0 Å². The third-order valence-electron chi connectivity index (χ3n) is 2.45. The van der Waals surface area contributed by atoms with Crippen molar-refractivity contribution in [3.8, 4) is 0 Å². The van der Waals surface area contributed by atoms with Crippen molar-refractivity contribution in [1.29, 1.82) is 0 Å². The van der Waals surface area contributed by atoms with Crippen LogP contribution < -0.4 is 11.1 Å². The van der Waals surface area contributed by atoms with Gasteiger partial charge in [-0.15, -0.1) is 0 Å². The van der Waals surface area contributed by atoms with Crippen molar-refractivity contribution in [1.82, 2.24) is 4.98 Å². The molecular formula is C13H12BrN3O. The lowest BCUT2D eigenvalue weighted by Crippen LogP contribution is -2.13. The van der Waals surface area contributed by atoms with E-state index in [1.54, 1.807) is 18.3 Å². The first-order chi connectivity index (χ1) is 8.66. The van der Waals surface area contributed by atoms with Crippen LogP contribution in [-0.2, 0) is 6.54 Å². The number of nitrogens with one attached hydrogen (secondary N) is 1. The van der Waals surface area contributed by atoms with Gasteiger partial charge in [-0.05, 0) is 23.8 Å². The van der Waals surface area contributed by atoms with Crippen LogP contribution in [0.3, 0.4) is 0 Å². The first-order valence-electron chi connectivity index (χ1n) is 5.40. The van der Waals surface area contributed by atoms with Crippen LogP contribution in [0.5, 0.6) is 0 Å². The molecule has 1 aromatic carbocycles. The number of pyridine rings is 1. The van der Waals surface area contributed by atoms with Gasteiger partial charge >= 0.3 is 0 Å². The van der Waals surface area contributed by atoms with Crippen LogP contribution in [0.15, 0.2) is 47.1 Å². The highest BCUT2D eigenvalue weighted by atomic mass is 79.9. The minimum atomic E-state index is -0.528. The second-order valence-electron chi connectivity index (χ2n) is 3.74. The predicted molar refractivity (Wildman–Crippen MR) is 74.2 cm³/mol. The fraction of sp³-hybridized carbons (Fsp3) is 0.0769. The fourth-order valence-corrected chi connectivity index (χ4v) is 1.94. The molecule has 0 fully saturated rings. The van der Waals surface area contributed by atoms with Crippen LogP contribution in [0.25, 0.3) is 0 Å². The summed E-state index contributed by atoms with van der Waals surface area (Å²) in [6, 6.07) is 11.4. The Kier molecular flexibility index (Phi) is 3.94. The zero-order chi connectivity index (χ0) is 13.0. The fourth-order valence-electron chi connectivity index (χ4n) is 1.51. The number of carbonyl (C=O) groups is 1. The number of primary amides is 1. The number of benzene rings is 1. The number of carbonyl (C=O) groups excluding carboxylic acids is 1. The van der Waals surface area contributed by atoms with Crippen LogP contribution >= 0.6 is 15.9 Å². The Morgan fingerprint density at radius 3 is 2.83 bits per heavy atom. The van der Waals surface area contributed by atoms with Gasteiger partial charge in [0.05, 0.1) is 0 Å². The van der Waals surface area contributed by atoms with Crippen molar-refractivity contribution >= 4 is 27.5 Å². The van der Waals surface area contributed by atoms with Crippen molar-refractivity contribution < 1.29 is 4.79 Å². The molecule has 1 heterocycles. The number of hydrogen-bond acceptors (Lipinski definition) is 3. The molecule has 0 atom stereocenters. The smallest absolute Gasteiger partial charge is 0.267 e. The number of halogens is 1. The van der Waals surface area contributed by atoms with E-state index in [9.17, 15) is 4.79 Å². The molecule has 4 nitrogen and oxygen atoms in total. The van der Waals surface area contributed by atoms with E-state index in [2.05, 4.69) is 26.2 Å². The lowest BCUT2D eigenvalue weighted by atomic mass is 10.2. The second-order valence-corrected chi connectivity index (χ2v) is 4.59. The van der Waals surface area contributed by atoms with Crippen LogP contribution in [0.1, 0.15) is 16.1 Å². The van der Waals surface area contributed by atoms with Gasteiger partial charge in [0, 0.05) is 22.9 Å². The molecule has 2 rings (SSSR count). The highest BCUT2D eigenvalue weighted by Crippen LogP contribution is 2.17. The number of anilines is 1. The van der Waals surface area contributed by atoms with Crippen molar-refractivity contribution in [2.24, 2.45) is 5.73 Å². The third-order valence-corrected chi connectivity index (χ3v) is 3.23. The maximum absolute atomic E-state index is 11.0. The number of hydrogen-bond donors (Lipinski definition) is 2. The van der Waals surface area contributed by atoms with Gasteiger partial charge in [0.25, 0.3) is 5.91 Å². The summed E-state index contributed by atoms with van der Waals surface area (Å²) >= 11 is 3.48. The molecule has 18 heavy (non-hydrogen) atoms. The van der Waals surface area contributed by atoms with Crippen molar-refractivity contribution in [3.63, 3.8) is 0 Å². The van der Waals surface area contributed by atoms with Gasteiger partial charge in [0.2, 0.25) is 0 Å². The molecule has 0 saturated carbocycles. The number of rotatable bonds is 4. The number of aromatic nitrogens is 1. The molecule has 0 spiro atoms. The quantitative estimate of drug-likeness (QED) is 0.912. The first-order valence-corrected chi connectivity index (χ1v) is 6.19. The summed E-state index contributed by atoms with van der Waals surface area (Å²) in [5.41, 5.74) is 7.38. The monoisotopic (exact) mass is 305 g/mol. The Hall–Kier alpha value is -1.88. The standard InChI is InChI=1S/C13H12BrN3O/c14-11-4-2-1-3-9(11)8-17-10-5-6-16-12(7-10)13(15)18/h1-7H,8H2,(H2,15,18)(H,16,17). The van der Waals surface area contributed by atoms with Gasteiger partial charge in [-0.25, -0.2) is 0 Å². The van der Waals surface area contributed by atoms with E-state index < -0.39 is 5.91 Å². The van der Waals surface area contributed by atoms with E-state index in [0.29, 0.717) is 6.54 Å². The van der Waals surface area contributed by atoms with Crippen molar-refractivity contribution in [3.05, 3.63) is 58.3 Å². The summed E-state index contributed by atoms with van der Waals surface area (Å²) in [5.74, 6) is -0.528. The average molecular weight is 306 g/mol. The minimum Gasteiger partial charge on any atom is -0.381 e. The van der Waals surface area contributed by atoms with Crippen LogP contribution in [0, 0.1) is 0 Å². The third kappa shape index (κ3) is 3.07. The van der Waals surface area contributed by atoms with Gasteiger partial charge in [0.1, 0.15) is 5.69 Å². The van der Waals surface area contributed by atoms with Gasteiger partial charge in [0.15, 0.2) is 0 Å². The Balaban J connectivity index is 2.09. The summed E-state index contributed by atoms with van der Waals surface area (Å²) in [4.78, 5) is 14.9. The van der Waals surface area contributed by atoms with E-state index in [0.717, 1.165) is 15.7 Å². The molecule has 0 unspecified atom stereocenters. The Morgan fingerprint density at radius 2 is 2.11 bits per heavy atom. The summed E-state index contributed by atoms with van der Waals surface area (Å²) in [6.07, 6.45) is 1.56. The molecule has 3 N–H and O–H groups in total.